The van der Waals surface area contributed by atoms with Crippen LogP contribution in [0.4, 0.5) is 0 Å². The van der Waals surface area contributed by atoms with Crippen LogP contribution in [-0.2, 0) is 16.1 Å². The Bertz CT molecular complexity index is 762. The molecule has 0 spiro atoms. The molecule has 1 aliphatic carbocycles. The largest absolute Gasteiger partial charge is 0.593 e. The van der Waals surface area contributed by atoms with Gasteiger partial charge in [0.25, 0.3) is 0 Å². The zero-order valence-corrected chi connectivity index (χ0v) is 19.7. The Morgan fingerprint density at radius 2 is 2.29 bits per heavy atom. The van der Waals surface area contributed by atoms with E-state index < -0.39 is 11.4 Å². The average molecular weight is 446 g/mol. The highest BCUT2D eigenvalue weighted by atomic mass is 32.2. The first-order chi connectivity index (χ1) is 15.1. The predicted octanol–water partition coefficient (Wildman–Crippen LogP) is 3.15. The monoisotopic (exact) mass is 445 g/mol. The van der Waals surface area contributed by atoms with Gasteiger partial charge in [-0.15, -0.1) is 4.31 Å². The fourth-order valence-electron chi connectivity index (χ4n) is 3.21. The van der Waals surface area contributed by atoms with Crippen LogP contribution in [0, 0.1) is 17.2 Å². The van der Waals surface area contributed by atoms with Gasteiger partial charge < -0.3 is 19.9 Å². The number of amidine groups is 1. The highest BCUT2D eigenvalue weighted by Gasteiger charge is 2.26. The molecule has 0 aromatic carbocycles. The molecule has 2 rings (SSSR count). The molecule has 170 valence electrons. The molecule has 1 saturated carbocycles. The lowest BCUT2D eigenvalue weighted by atomic mass is 10.0. The van der Waals surface area contributed by atoms with Gasteiger partial charge in [0.1, 0.15) is 12.5 Å². The van der Waals surface area contributed by atoms with Gasteiger partial charge >= 0.3 is 0 Å². The van der Waals surface area contributed by atoms with E-state index in [-0.39, 0.29) is 0 Å². The second kappa shape index (κ2) is 14.1. The van der Waals surface area contributed by atoms with Gasteiger partial charge in [0.2, 0.25) is 0 Å². The summed E-state index contributed by atoms with van der Waals surface area (Å²) in [4.78, 5) is 5.37. The van der Waals surface area contributed by atoms with Gasteiger partial charge in [0, 0.05) is 32.0 Å². The summed E-state index contributed by atoms with van der Waals surface area (Å²) < 4.78 is 19.8. The third kappa shape index (κ3) is 8.91. The van der Waals surface area contributed by atoms with Crippen LogP contribution in [0.3, 0.4) is 0 Å². The zero-order valence-electron chi connectivity index (χ0n) is 18.9. The molecule has 1 heterocycles. The van der Waals surface area contributed by atoms with E-state index in [4.69, 9.17) is 4.74 Å². The molecule has 7 nitrogen and oxygen atoms in total. The van der Waals surface area contributed by atoms with Crippen molar-refractivity contribution >= 4 is 17.2 Å². The number of nitriles is 1. The number of likely N-dealkylation sites (N-methyl/N-ethyl adjacent to an activating group) is 1. The number of nitrogens with one attached hydrogen (secondary N) is 2. The van der Waals surface area contributed by atoms with Crippen LogP contribution >= 0.6 is 0 Å². The third-order valence-corrected chi connectivity index (χ3v) is 6.85. The summed E-state index contributed by atoms with van der Waals surface area (Å²) in [6.45, 7) is 6.78. The Kier molecular flexibility index (Phi) is 11.5. The normalized spacial score (nSPS) is 20.9. The first-order valence-corrected chi connectivity index (χ1v) is 12.0. The SMILES string of the molecule is C/C=C(\C=C/CNC1=NCN/C=C(/C#N)CCC(C2CC2)=C1)[S+]([O-])N(CC)CCOC. The minimum atomic E-state index is -1.21. The van der Waals surface area contributed by atoms with Crippen molar-refractivity contribution in [3.05, 3.63) is 46.6 Å². The first kappa shape index (κ1) is 25.2. The van der Waals surface area contributed by atoms with Gasteiger partial charge in [0.15, 0.2) is 4.91 Å². The number of rotatable bonds is 10. The molecule has 0 amide bonds. The van der Waals surface area contributed by atoms with Crippen molar-refractivity contribution in [1.29, 1.82) is 5.26 Å². The number of hydrogen-bond acceptors (Lipinski definition) is 7. The highest BCUT2D eigenvalue weighted by Crippen LogP contribution is 2.39. The maximum atomic E-state index is 12.8. The summed E-state index contributed by atoms with van der Waals surface area (Å²) in [6, 6.07) is 2.26. The van der Waals surface area contributed by atoms with Crippen LogP contribution in [-0.4, -0.2) is 54.7 Å². The van der Waals surface area contributed by atoms with E-state index in [1.165, 1.54) is 18.4 Å². The van der Waals surface area contributed by atoms with Gasteiger partial charge in [-0.3, -0.25) is 0 Å². The number of methoxy groups -OCH3 is 1. The Labute approximate surface area is 189 Å². The minimum absolute atomic E-state index is 0.417. The molecule has 1 aliphatic heterocycles. The summed E-state index contributed by atoms with van der Waals surface area (Å²) in [5.74, 6) is 1.46. The van der Waals surface area contributed by atoms with E-state index in [0.717, 1.165) is 29.2 Å². The fraction of sp³-hybridized carbons (Fsp3) is 0.565. The van der Waals surface area contributed by atoms with E-state index in [1.54, 1.807) is 13.3 Å². The molecule has 0 bridgehead atoms. The molecular formula is C23H35N5O2S. The van der Waals surface area contributed by atoms with Crippen molar-refractivity contribution < 1.29 is 9.29 Å². The van der Waals surface area contributed by atoms with Crippen LogP contribution in [0.1, 0.15) is 39.5 Å². The van der Waals surface area contributed by atoms with E-state index in [0.29, 0.717) is 38.8 Å². The fourth-order valence-corrected chi connectivity index (χ4v) is 4.40. The lowest BCUT2D eigenvalue weighted by molar-refractivity contribution is 0.181. The molecule has 8 heteroatoms. The number of allylic oxidation sites excluding steroid dienone is 4. The summed E-state index contributed by atoms with van der Waals surface area (Å²) in [5, 5.41) is 15.7. The van der Waals surface area contributed by atoms with Crippen molar-refractivity contribution in [1.82, 2.24) is 14.9 Å². The van der Waals surface area contributed by atoms with Crippen molar-refractivity contribution in [2.75, 3.05) is 40.0 Å². The molecule has 0 saturated heterocycles. The predicted molar refractivity (Wildman–Crippen MR) is 127 cm³/mol. The molecule has 2 N–H and O–H groups in total. The zero-order chi connectivity index (χ0) is 22.5. The van der Waals surface area contributed by atoms with Crippen molar-refractivity contribution in [2.24, 2.45) is 10.9 Å². The van der Waals surface area contributed by atoms with E-state index in [1.807, 2.05) is 36.4 Å². The summed E-state index contributed by atoms with van der Waals surface area (Å²) in [6.07, 6.45) is 13.8. The molecule has 1 atom stereocenters. The Morgan fingerprint density at radius 3 is 2.94 bits per heavy atom. The number of ether oxygens (including phenoxy) is 1. The van der Waals surface area contributed by atoms with E-state index >= 15 is 0 Å². The van der Waals surface area contributed by atoms with Gasteiger partial charge in [-0.2, -0.15) is 5.26 Å². The quantitative estimate of drug-likeness (QED) is 0.396. The maximum Gasteiger partial charge on any atom is 0.169 e. The first-order valence-electron chi connectivity index (χ1n) is 10.9. The standard InChI is InChI=1S/C23H35N5O2S/c1-4-22(31(29)28(5-2)13-14-30-3)7-6-12-26-23-15-21(20-10-11-20)9-8-19(16-24)17-25-18-27-23/h4,6-7,15,17,20,25H,5,8-14,18H2,1-3H3,(H,26,27)/b7-6-,19-17+,21-15?,22-4+. The third-order valence-electron chi connectivity index (χ3n) is 5.17. The van der Waals surface area contributed by atoms with Crippen LogP contribution in [0.25, 0.3) is 0 Å². The van der Waals surface area contributed by atoms with E-state index in [9.17, 15) is 9.81 Å². The van der Waals surface area contributed by atoms with Gasteiger partial charge in [0.05, 0.1) is 30.6 Å². The topological polar surface area (TPSA) is 95.7 Å². The number of nitrogens with zero attached hydrogens (tertiary/aromatic N) is 3. The Hall–Kier alpha value is -2.05. The molecule has 2 aliphatic rings. The molecule has 0 aromatic rings. The van der Waals surface area contributed by atoms with Crippen LogP contribution in [0.2, 0.25) is 0 Å². The van der Waals surface area contributed by atoms with E-state index in [2.05, 4.69) is 27.8 Å². The molecule has 0 radical (unpaired) electrons. The van der Waals surface area contributed by atoms with Gasteiger partial charge in [-0.05, 0) is 63.7 Å². The van der Waals surface area contributed by atoms with Crippen LogP contribution < -0.4 is 10.6 Å². The van der Waals surface area contributed by atoms with Gasteiger partial charge in [-0.25, -0.2) is 4.99 Å². The lowest BCUT2D eigenvalue weighted by Crippen LogP contribution is -2.34. The highest BCUT2D eigenvalue weighted by molar-refractivity contribution is 7.93. The lowest BCUT2D eigenvalue weighted by Gasteiger charge is -2.22. The second-order valence-electron chi connectivity index (χ2n) is 7.42. The van der Waals surface area contributed by atoms with Gasteiger partial charge in [-0.1, -0.05) is 11.6 Å². The summed E-state index contributed by atoms with van der Waals surface area (Å²) in [5.41, 5.74) is 2.13. The molecule has 1 fully saturated rings. The average Bonchev–Trinajstić information content (AvgIpc) is 3.63. The van der Waals surface area contributed by atoms with Crippen molar-refractivity contribution in [2.45, 2.75) is 39.5 Å². The molecular weight excluding hydrogens is 410 g/mol. The van der Waals surface area contributed by atoms with Crippen molar-refractivity contribution in [3.8, 4) is 6.07 Å². The smallest absolute Gasteiger partial charge is 0.169 e. The maximum absolute atomic E-state index is 12.8. The van der Waals surface area contributed by atoms with Crippen LogP contribution in [0.15, 0.2) is 51.5 Å². The summed E-state index contributed by atoms with van der Waals surface area (Å²) in [7, 11) is 1.65. The van der Waals surface area contributed by atoms with Crippen molar-refractivity contribution in [3.63, 3.8) is 0 Å². The Morgan fingerprint density at radius 1 is 1.48 bits per heavy atom. The molecule has 1 unspecified atom stereocenters. The molecule has 0 aromatic heterocycles. The van der Waals surface area contributed by atoms with Crippen LogP contribution in [0.5, 0.6) is 0 Å². The summed E-state index contributed by atoms with van der Waals surface area (Å²) >= 11 is -1.21. The number of hydrogen-bond donors (Lipinski definition) is 2. The molecule has 31 heavy (non-hydrogen) atoms. The Balaban J connectivity index is 1.97. The number of aliphatic imine (C=N–C) groups is 1. The minimum Gasteiger partial charge on any atom is -0.593 e. The second-order valence-corrected chi connectivity index (χ2v) is 8.90.